The van der Waals surface area contributed by atoms with E-state index in [1.165, 1.54) is 0 Å². The summed E-state index contributed by atoms with van der Waals surface area (Å²) in [6.45, 7) is 0. The van der Waals surface area contributed by atoms with E-state index in [2.05, 4.69) is 0 Å². The number of hydrogen-bond acceptors (Lipinski definition) is 3. The molecule has 0 heterocycles. The van der Waals surface area contributed by atoms with Crippen molar-refractivity contribution < 1.29 is 33.8 Å². The molecular formula is C2H8Na4O7P2. The van der Waals surface area contributed by atoms with E-state index < -0.39 is 27.2 Å². The molecule has 0 spiro atoms. The van der Waals surface area contributed by atoms with Crippen LogP contribution in [0, 0.1) is 0 Å². The van der Waals surface area contributed by atoms with Crippen molar-refractivity contribution in [2.75, 3.05) is 6.16 Å². The van der Waals surface area contributed by atoms with E-state index in [1.54, 1.807) is 0 Å². The molecule has 4 radical (unpaired) electrons. The maximum Gasteiger partial charge on any atom is 0.354 e. The molecule has 1 atom stereocenters. The fourth-order valence-corrected chi connectivity index (χ4v) is 2.23. The summed E-state index contributed by atoms with van der Waals surface area (Å²) >= 11 is 0. The third kappa shape index (κ3) is 20.7. The van der Waals surface area contributed by atoms with Crippen molar-refractivity contribution in [2.45, 2.75) is 5.85 Å². The second kappa shape index (κ2) is 13.3. The van der Waals surface area contributed by atoms with Gasteiger partial charge in [-0.2, -0.15) is 0 Å². The average molecular weight is 298 g/mol. The summed E-state index contributed by atoms with van der Waals surface area (Å²) in [5.74, 6) is -2.29. The molecule has 0 aliphatic rings. The predicted octanol–water partition coefficient (Wildman–Crippen LogP) is -2.86. The van der Waals surface area contributed by atoms with Crippen LogP contribution in [0.5, 0.6) is 0 Å². The summed E-state index contributed by atoms with van der Waals surface area (Å²) in [4.78, 5) is 32.7. The quantitative estimate of drug-likeness (QED) is 0.279. The fraction of sp³-hybridized carbons (Fsp3) is 1.00. The van der Waals surface area contributed by atoms with Gasteiger partial charge < -0.3 is 24.7 Å². The van der Waals surface area contributed by atoms with Crippen LogP contribution in [0.3, 0.4) is 0 Å². The molecule has 15 heavy (non-hydrogen) atoms. The number of hydrogen-bond donors (Lipinski definition) is 5. The van der Waals surface area contributed by atoms with Gasteiger partial charge in [0.15, 0.2) is 5.85 Å². The predicted molar refractivity (Wildman–Crippen MR) is 58.0 cm³/mol. The third-order valence-corrected chi connectivity index (χ3v) is 2.86. The largest absolute Gasteiger partial charge is 0.380 e. The van der Waals surface area contributed by atoms with Crippen molar-refractivity contribution in [3.05, 3.63) is 0 Å². The molecule has 0 aromatic carbocycles. The maximum atomic E-state index is 10.1. The summed E-state index contributed by atoms with van der Waals surface area (Å²) in [7, 11) is -9.35. The smallest absolute Gasteiger partial charge is 0.354 e. The van der Waals surface area contributed by atoms with Crippen LogP contribution in [0.15, 0.2) is 0 Å². The monoisotopic (exact) mass is 298 g/mol. The van der Waals surface area contributed by atoms with E-state index in [9.17, 15) is 9.13 Å². The molecule has 0 aromatic rings. The SMILES string of the molecule is O=P(O)(O)CC(O)P(=O)(O)O.[Na].[Na].[Na].[Na]. The summed E-state index contributed by atoms with van der Waals surface area (Å²) in [5.41, 5.74) is 0. The Morgan fingerprint density at radius 3 is 1.20 bits per heavy atom. The summed E-state index contributed by atoms with van der Waals surface area (Å²) in [5, 5.41) is 8.47. The van der Waals surface area contributed by atoms with Gasteiger partial charge in [-0.3, -0.25) is 9.13 Å². The van der Waals surface area contributed by atoms with Gasteiger partial charge in [-0.1, -0.05) is 0 Å². The van der Waals surface area contributed by atoms with Gasteiger partial charge in [-0.25, -0.2) is 0 Å². The number of rotatable bonds is 3. The summed E-state index contributed by atoms with van der Waals surface area (Å²) in [6.07, 6.45) is -1.22. The Hall–Kier alpha value is 4.26. The minimum Gasteiger partial charge on any atom is -0.380 e. The molecule has 13 heteroatoms. The van der Waals surface area contributed by atoms with Crippen LogP contribution in [0.1, 0.15) is 0 Å². The van der Waals surface area contributed by atoms with E-state index in [0.717, 1.165) is 0 Å². The molecule has 7 nitrogen and oxygen atoms in total. The number of aliphatic hydroxyl groups is 1. The maximum absolute atomic E-state index is 10.1. The van der Waals surface area contributed by atoms with E-state index >= 15 is 0 Å². The topological polar surface area (TPSA) is 135 Å². The fourth-order valence-electron chi connectivity index (χ4n) is 0.319. The van der Waals surface area contributed by atoms with Crippen LogP contribution < -0.4 is 0 Å². The van der Waals surface area contributed by atoms with Crippen molar-refractivity contribution >= 4 is 133 Å². The standard InChI is InChI=1S/C2H8O7P2.4Na/c3-2(11(7,8)9)1-10(4,5)6;;;;/h2-3H,1H2,(H2,4,5,6)(H2,7,8,9);;;;. The molecule has 0 bridgehead atoms. The molecule has 0 amide bonds. The summed E-state index contributed by atoms with van der Waals surface area (Å²) in [6, 6.07) is 0. The van der Waals surface area contributed by atoms with Gasteiger partial charge >= 0.3 is 15.2 Å². The zero-order chi connectivity index (χ0) is 9.28. The van der Waals surface area contributed by atoms with Crippen molar-refractivity contribution in [2.24, 2.45) is 0 Å². The Kier molecular flexibility index (Phi) is 27.9. The van der Waals surface area contributed by atoms with Gasteiger partial charge in [0.05, 0.1) is 6.16 Å². The molecule has 5 N–H and O–H groups in total. The van der Waals surface area contributed by atoms with Gasteiger partial charge in [0.2, 0.25) is 0 Å². The molecule has 0 saturated carbocycles. The van der Waals surface area contributed by atoms with Gasteiger partial charge in [-0.05, 0) is 0 Å². The van der Waals surface area contributed by atoms with E-state index in [-0.39, 0.29) is 118 Å². The molecule has 72 valence electrons. The first-order valence-corrected chi connectivity index (χ1v) is 5.89. The average Bonchev–Trinajstić information content (AvgIpc) is 1.56. The van der Waals surface area contributed by atoms with E-state index in [0.29, 0.717) is 0 Å². The van der Waals surface area contributed by atoms with Crippen LogP contribution in [-0.4, -0.2) is 155 Å². The minimum absolute atomic E-state index is 0. The van der Waals surface area contributed by atoms with Gasteiger partial charge in [0, 0.05) is 118 Å². The van der Waals surface area contributed by atoms with Gasteiger partial charge in [0.1, 0.15) is 0 Å². The molecule has 0 rings (SSSR count). The molecule has 0 saturated heterocycles. The first kappa shape index (κ1) is 31.6. The third-order valence-electron chi connectivity index (χ3n) is 0.789. The van der Waals surface area contributed by atoms with E-state index in [4.69, 9.17) is 24.7 Å². The number of aliphatic hydroxyl groups excluding tert-OH is 1. The second-order valence-electron chi connectivity index (χ2n) is 1.92. The second-order valence-corrected chi connectivity index (χ2v) is 5.39. The van der Waals surface area contributed by atoms with E-state index in [1.807, 2.05) is 0 Å². The zero-order valence-electron chi connectivity index (χ0n) is 9.23. The Labute approximate surface area is 176 Å². The molecule has 0 aliphatic heterocycles. The van der Waals surface area contributed by atoms with Crippen LogP contribution >= 0.6 is 15.2 Å². The van der Waals surface area contributed by atoms with Crippen molar-refractivity contribution in [1.29, 1.82) is 0 Å². The van der Waals surface area contributed by atoms with Gasteiger partial charge in [-0.15, -0.1) is 0 Å². The van der Waals surface area contributed by atoms with Crippen LogP contribution in [0.2, 0.25) is 0 Å². The van der Waals surface area contributed by atoms with Crippen molar-refractivity contribution in [3.8, 4) is 0 Å². The molecule has 0 aromatic heterocycles. The van der Waals surface area contributed by atoms with Crippen molar-refractivity contribution in [1.82, 2.24) is 0 Å². The zero-order valence-corrected chi connectivity index (χ0v) is 19.0. The van der Waals surface area contributed by atoms with Crippen molar-refractivity contribution in [3.63, 3.8) is 0 Å². The van der Waals surface area contributed by atoms with Crippen LogP contribution in [-0.2, 0) is 9.13 Å². The molecular weight excluding hydrogens is 290 g/mol. The van der Waals surface area contributed by atoms with Crippen LogP contribution in [0.4, 0.5) is 0 Å². The summed E-state index contributed by atoms with van der Waals surface area (Å²) < 4.78 is 20.2. The normalized spacial score (nSPS) is 12.1. The molecule has 1 unspecified atom stereocenters. The van der Waals surface area contributed by atoms with Crippen LogP contribution in [0.25, 0.3) is 0 Å². The Morgan fingerprint density at radius 2 is 1.13 bits per heavy atom. The Bertz CT molecular complexity index is 223. The Balaban J connectivity index is -0.0000000833. The van der Waals surface area contributed by atoms with Gasteiger partial charge in [0.25, 0.3) is 0 Å². The first-order valence-electron chi connectivity index (χ1n) is 2.41. The molecule has 0 fully saturated rings. The molecule has 0 aliphatic carbocycles. The first-order chi connectivity index (χ1) is 4.63. The minimum atomic E-state index is -4.79. The Morgan fingerprint density at radius 1 is 0.867 bits per heavy atom.